The lowest BCUT2D eigenvalue weighted by molar-refractivity contribution is -0.140. The van der Waals surface area contributed by atoms with Gasteiger partial charge in [0.05, 0.1) is 0 Å². The van der Waals surface area contributed by atoms with Gasteiger partial charge < -0.3 is 5.11 Å². The summed E-state index contributed by atoms with van der Waals surface area (Å²) in [6, 6.07) is 0. The van der Waals surface area contributed by atoms with E-state index in [2.05, 4.69) is 6.58 Å². The van der Waals surface area contributed by atoms with Crippen molar-refractivity contribution in [2.45, 2.75) is 31.8 Å². The van der Waals surface area contributed by atoms with E-state index in [0.717, 1.165) is 6.42 Å². The molecule has 0 heterocycles. The minimum Gasteiger partial charge on any atom is -0.382 e. The fourth-order valence-corrected chi connectivity index (χ4v) is 1.37. The molecule has 0 aliphatic heterocycles. The van der Waals surface area contributed by atoms with Crippen LogP contribution in [0.15, 0.2) is 12.7 Å². The summed E-state index contributed by atoms with van der Waals surface area (Å²) in [5, 5.41) is 9.47. The molecule has 1 aliphatic rings. The number of allylic oxidation sites excluding steroid dienone is 1. The molecule has 2 nitrogen and oxygen atoms in total. The van der Waals surface area contributed by atoms with Crippen LogP contribution in [0.2, 0.25) is 0 Å². The molecule has 1 N–H and O–H groups in total. The van der Waals surface area contributed by atoms with Crippen molar-refractivity contribution in [1.82, 2.24) is 0 Å². The molecule has 0 radical (unpaired) electrons. The summed E-state index contributed by atoms with van der Waals surface area (Å²) in [4.78, 5) is 11.2. The van der Waals surface area contributed by atoms with Gasteiger partial charge in [-0.25, -0.2) is 0 Å². The van der Waals surface area contributed by atoms with Gasteiger partial charge in [0.2, 0.25) is 0 Å². The Morgan fingerprint density at radius 1 is 1.82 bits per heavy atom. The Hall–Kier alpha value is -0.630. The van der Waals surface area contributed by atoms with Crippen LogP contribution in [0.4, 0.5) is 0 Å². The van der Waals surface area contributed by atoms with Crippen molar-refractivity contribution in [3.63, 3.8) is 0 Å². The maximum atomic E-state index is 11.2. The van der Waals surface area contributed by atoms with Gasteiger partial charge in [0.1, 0.15) is 5.60 Å². The molecule has 2 atom stereocenters. The van der Waals surface area contributed by atoms with Crippen LogP contribution in [0.1, 0.15) is 26.2 Å². The van der Waals surface area contributed by atoms with Crippen molar-refractivity contribution in [2.24, 2.45) is 5.92 Å². The molecular weight excluding hydrogens is 140 g/mol. The highest BCUT2D eigenvalue weighted by molar-refractivity contribution is 5.87. The van der Waals surface area contributed by atoms with Crippen LogP contribution in [0.5, 0.6) is 0 Å². The lowest BCUT2D eigenvalue weighted by Gasteiger charge is -2.29. The SMILES string of the molecule is C=CC1CCC(C)(O)C(=O)C1. The molecule has 1 fully saturated rings. The molecule has 62 valence electrons. The van der Waals surface area contributed by atoms with E-state index in [1.807, 2.05) is 0 Å². The van der Waals surface area contributed by atoms with E-state index in [-0.39, 0.29) is 11.7 Å². The Kier molecular flexibility index (Phi) is 2.14. The molecule has 0 aromatic rings. The van der Waals surface area contributed by atoms with Crippen molar-refractivity contribution in [3.05, 3.63) is 12.7 Å². The van der Waals surface area contributed by atoms with Gasteiger partial charge in [-0.15, -0.1) is 6.58 Å². The van der Waals surface area contributed by atoms with E-state index >= 15 is 0 Å². The second kappa shape index (κ2) is 2.78. The second-order valence-corrected chi connectivity index (χ2v) is 3.44. The molecule has 0 aromatic heterocycles. The smallest absolute Gasteiger partial charge is 0.164 e. The first-order valence-electron chi connectivity index (χ1n) is 3.94. The summed E-state index contributed by atoms with van der Waals surface area (Å²) < 4.78 is 0. The number of ketones is 1. The normalized spacial score (nSPS) is 38.7. The number of hydrogen-bond acceptors (Lipinski definition) is 2. The summed E-state index contributed by atoms with van der Waals surface area (Å²) in [5.41, 5.74) is -1.07. The summed E-state index contributed by atoms with van der Waals surface area (Å²) in [5.74, 6) is 0.233. The Balaban J connectivity index is 2.62. The van der Waals surface area contributed by atoms with Crippen molar-refractivity contribution in [3.8, 4) is 0 Å². The zero-order chi connectivity index (χ0) is 8.48. The minimum atomic E-state index is -1.07. The quantitative estimate of drug-likeness (QED) is 0.578. The fourth-order valence-electron chi connectivity index (χ4n) is 1.37. The second-order valence-electron chi connectivity index (χ2n) is 3.44. The lowest BCUT2D eigenvalue weighted by atomic mass is 9.79. The van der Waals surface area contributed by atoms with Crippen molar-refractivity contribution >= 4 is 5.78 Å². The first-order valence-corrected chi connectivity index (χ1v) is 3.94. The van der Waals surface area contributed by atoms with E-state index < -0.39 is 5.60 Å². The van der Waals surface area contributed by atoms with Crippen LogP contribution in [0.3, 0.4) is 0 Å². The maximum absolute atomic E-state index is 11.2. The molecule has 11 heavy (non-hydrogen) atoms. The van der Waals surface area contributed by atoms with Crippen LogP contribution in [-0.4, -0.2) is 16.5 Å². The Morgan fingerprint density at radius 3 is 2.91 bits per heavy atom. The maximum Gasteiger partial charge on any atom is 0.164 e. The van der Waals surface area contributed by atoms with E-state index in [1.54, 1.807) is 13.0 Å². The molecule has 1 saturated carbocycles. The number of carbonyl (C=O) groups excluding carboxylic acids is 1. The molecule has 1 aliphatic carbocycles. The number of hydrogen-bond donors (Lipinski definition) is 1. The summed E-state index contributed by atoms with van der Waals surface area (Å²) in [6.07, 6.45) is 3.70. The molecule has 0 saturated heterocycles. The van der Waals surface area contributed by atoms with Gasteiger partial charge in [0.25, 0.3) is 0 Å². The van der Waals surface area contributed by atoms with Crippen LogP contribution in [-0.2, 0) is 4.79 Å². The van der Waals surface area contributed by atoms with Gasteiger partial charge in [-0.05, 0) is 25.7 Å². The molecule has 2 heteroatoms. The zero-order valence-electron chi connectivity index (χ0n) is 6.84. The summed E-state index contributed by atoms with van der Waals surface area (Å²) >= 11 is 0. The Bertz CT molecular complexity index is 182. The highest BCUT2D eigenvalue weighted by Crippen LogP contribution is 2.29. The standard InChI is InChI=1S/C9H14O2/c1-3-7-4-5-9(2,11)8(10)6-7/h3,7,11H,1,4-6H2,2H3. The fraction of sp³-hybridized carbons (Fsp3) is 0.667. The van der Waals surface area contributed by atoms with Gasteiger partial charge in [0, 0.05) is 6.42 Å². The van der Waals surface area contributed by atoms with Gasteiger partial charge in [-0.2, -0.15) is 0 Å². The van der Waals surface area contributed by atoms with E-state index in [4.69, 9.17) is 0 Å². The highest BCUT2D eigenvalue weighted by Gasteiger charge is 2.35. The first-order chi connectivity index (χ1) is 5.06. The van der Waals surface area contributed by atoms with Gasteiger partial charge in [0.15, 0.2) is 5.78 Å². The number of aliphatic hydroxyl groups is 1. The zero-order valence-corrected chi connectivity index (χ0v) is 6.84. The summed E-state index contributed by atoms with van der Waals surface area (Å²) in [6.45, 7) is 5.22. The van der Waals surface area contributed by atoms with Crippen LogP contribution < -0.4 is 0 Å². The third-order valence-electron chi connectivity index (χ3n) is 2.38. The molecule has 0 bridgehead atoms. The molecule has 2 unspecified atom stereocenters. The van der Waals surface area contributed by atoms with Crippen molar-refractivity contribution in [2.75, 3.05) is 0 Å². The molecule has 0 aromatic carbocycles. The van der Waals surface area contributed by atoms with Crippen LogP contribution >= 0.6 is 0 Å². The number of carbonyl (C=O) groups is 1. The Labute approximate surface area is 66.9 Å². The third kappa shape index (κ3) is 1.69. The number of rotatable bonds is 1. The predicted molar refractivity (Wildman–Crippen MR) is 43.2 cm³/mol. The minimum absolute atomic E-state index is 0.0475. The average Bonchev–Trinajstić information content (AvgIpc) is 1.95. The largest absolute Gasteiger partial charge is 0.382 e. The molecular formula is C9H14O2. The lowest BCUT2D eigenvalue weighted by Crippen LogP contribution is -2.40. The molecule has 0 spiro atoms. The van der Waals surface area contributed by atoms with Gasteiger partial charge in [-0.1, -0.05) is 6.08 Å². The monoisotopic (exact) mass is 154 g/mol. The topological polar surface area (TPSA) is 37.3 Å². The average molecular weight is 154 g/mol. The van der Waals surface area contributed by atoms with E-state index in [0.29, 0.717) is 12.8 Å². The summed E-state index contributed by atoms with van der Waals surface area (Å²) in [7, 11) is 0. The third-order valence-corrected chi connectivity index (χ3v) is 2.38. The first kappa shape index (κ1) is 8.47. The van der Waals surface area contributed by atoms with Gasteiger partial charge in [-0.3, -0.25) is 4.79 Å². The highest BCUT2D eigenvalue weighted by atomic mass is 16.3. The van der Waals surface area contributed by atoms with Crippen molar-refractivity contribution < 1.29 is 9.90 Å². The van der Waals surface area contributed by atoms with E-state index in [9.17, 15) is 9.90 Å². The van der Waals surface area contributed by atoms with Gasteiger partial charge >= 0.3 is 0 Å². The predicted octanol–water partition coefficient (Wildman–Crippen LogP) is 1.29. The molecule has 1 rings (SSSR count). The van der Waals surface area contributed by atoms with E-state index in [1.165, 1.54) is 0 Å². The van der Waals surface area contributed by atoms with Crippen LogP contribution in [0, 0.1) is 5.92 Å². The number of Topliss-reactive ketones (excluding diaryl/α,β-unsaturated/α-hetero) is 1. The Morgan fingerprint density at radius 2 is 2.45 bits per heavy atom. The molecule has 0 amide bonds. The van der Waals surface area contributed by atoms with Crippen molar-refractivity contribution in [1.29, 1.82) is 0 Å². The van der Waals surface area contributed by atoms with Crippen LogP contribution in [0.25, 0.3) is 0 Å².